The Morgan fingerprint density at radius 1 is 0.844 bits per heavy atom. The number of hydrogen-bond donors (Lipinski definition) is 2. The van der Waals surface area contributed by atoms with Gasteiger partial charge in [0.25, 0.3) is 11.8 Å². The molecule has 0 saturated heterocycles. The first-order chi connectivity index (χ1) is 15.3. The number of anilines is 1. The lowest BCUT2D eigenvalue weighted by atomic mass is 10.1. The summed E-state index contributed by atoms with van der Waals surface area (Å²) < 4.78 is 11.3. The van der Waals surface area contributed by atoms with E-state index in [-0.39, 0.29) is 11.8 Å². The highest BCUT2D eigenvalue weighted by Crippen LogP contribution is 2.29. The standard InChI is InChI=1S/C26H28N2O4/c1-26(2,3)28-25(30)20-12-8-9-13-21(20)27-24(29)19-14-15-22(23(16-19)31-4)32-17-18-10-6-5-7-11-18/h5-16H,17H2,1-4H3,(H,27,29)(H,28,30). The van der Waals surface area contributed by atoms with Gasteiger partial charge in [0.15, 0.2) is 11.5 Å². The number of carbonyl (C=O) groups excluding carboxylic acids is 2. The zero-order valence-corrected chi connectivity index (χ0v) is 18.8. The zero-order valence-electron chi connectivity index (χ0n) is 18.8. The second-order valence-electron chi connectivity index (χ2n) is 8.34. The van der Waals surface area contributed by atoms with Gasteiger partial charge in [0.1, 0.15) is 6.61 Å². The maximum Gasteiger partial charge on any atom is 0.255 e. The second-order valence-corrected chi connectivity index (χ2v) is 8.34. The van der Waals surface area contributed by atoms with Gasteiger partial charge in [-0.3, -0.25) is 9.59 Å². The molecule has 0 aromatic heterocycles. The van der Waals surface area contributed by atoms with Crippen molar-refractivity contribution in [2.45, 2.75) is 32.9 Å². The van der Waals surface area contributed by atoms with Crippen molar-refractivity contribution in [3.05, 3.63) is 89.5 Å². The van der Waals surface area contributed by atoms with Crippen LogP contribution in [0.15, 0.2) is 72.8 Å². The topological polar surface area (TPSA) is 76.7 Å². The van der Waals surface area contributed by atoms with Crippen LogP contribution in [0.5, 0.6) is 11.5 Å². The Hall–Kier alpha value is -3.80. The Balaban J connectivity index is 1.75. The predicted octanol–water partition coefficient (Wildman–Crippen LogP) is 5.05. The smallest absolute Gasteiger partial charge is 0.255 e. The van der Waals surface area contributed by atoms with E-state index in [9.17, 15) is 9.59 Å². The lowest BCUT2D eigenvalue weighted by molar-refractivity contribution is 0.0920. The number of methoxy groups -OCH3 is 1. The van der Waals surface area contributed by atoms with Crippen molar-refractivity contribution in [3.63, 3.8) is 0 Å². The molecule has 0 unspecified atom stereocenters. The number of nitrogens with one attached hydrogen (secondary N) is 2. The van der Waals surface area contributed by atoms with Crippen LogP contribution in [-0.2, 0) is 6.61 Å². The van der Waals surface area contributed by atoms with E-state index in [2.05, 4.69) is 10.6 Å². The van der Waals surface area contributed by atoms with E-state index >= 15 is 0 Å². The first kappa shape index (κ1) is 22.9. The van der Waals surface area contributed by atoms with Crippen LogP contribution in [0, 0.1) is 0 Å². The van der Waals surface area contributed by atoms with Crippen molar-refractivity contribution >= 4 is 17.5 Å². The Kier molecular flexibility index (Phi) is 7.15. The SMILES string of the molecule is COc1cc(C(=O)Nc2ccccc2C(=O)NC(C)(C)C)ccc1OCc1ccccc1. The fraction of sp³-hybridized carbons (Fsp3) is 0.231. The van der Waals surface area contributed by atoms with Gasteiger partial charge in [-0.2, -0.15) is 0 Å². The quantitative estimate of drug-likeness (QED) is 0.547. The lowest BCUT2D eigenvalue weighted by Gasteiger charge is -2.21. The summed E-state index contributed by atoms with van der Waals surface area (Å²) in [5.41, 5.74) is 1.85. The molecule has 0 radical (unpaired) electrons. The van der Waals surface area contributed by atoms with E-state index in [1.54, 1.807) is 42.5 Å². The van der Waals surface area contributed by atoms with Gasteiger partial charge in [-0.1, -0.05) is 42.5 Å². The molecule has 3 rings (SSSR count). The third-order valence-electron chi connectivity index (χ3n) is 4.57. The van der Waals surface area contributed by atoms with Gasteiger partial charge < -0.3 is 20.1 Å². The van der Waals surface area contributed by atoms with Gasteiger partial charge in [0.05, 0.1) is 18.4 Å². The van der Waals surface area contributed by atoms with Crippen LogP contribution in [-0.4, -0.2) is 24.5 Å². The minimum absolute atomic E-state index is 0.254. The summed E-state index contributed by atoms with van der Waals surface area (Å²) in [6.45, 7) is 6.10. The highest BCUT2D eigenvalue weighted by Gasteiger charge is 2.19. The van der Waals surface area contributed by atoms with E-state index in [0.29, 0.717) is 34.9 Å². The largest absolute Gasteiger partial charge is 0.493 e. The molecule has 0 aliphatic heterocycles. The molecule has 0 heterocycles. The maximum absolute atomic E-state index is 12.9. The van der Waals surface area contributed by atoms with Gasteiger partial charge >= 0.3 is 0 Å². The van der Waals surface area contributed by atoms with Crippen molar-refractivity contribution in [3.8, 4) is 11.5 Å². The van der Waals surface area contributed by atoms with Crippen LogP contribution >= 0.6 is 0 Å². The summed E-state index contributed by atoms with van der Waals surface area (Å²) in [4.78, 5) is 25.5. The molecule has 6 heteroatoms. The van der Waals surface area contributed by atoms with Gasteiger partial charge in [-0.25, -0.2) is 0 Å². The van der Waals surface area contributed by atoms with Crippen LogP contribution in [0.3, 0.4) is 0 Å². The second kappa shape index (κ2) is 10.0. The summed E-state index contributed by atoms with van der Waals surface area (Å²) >= 11 is 0. The monoisotopic (exact) mass is 432 g/mol. The summed E-state index contributed by atoms with van der Waals surface area (Å²) in [5, 5.41) is 5.74. The highest BCUT2D eigenvalue weighted by atomic mass is 16.5. The fourth-order valence-corrected chi connectivity index (χ4v) is 3.06. The van der Waals surface area contributed by atoms with E-state index in [4.69, 9.17) is 9.47 Å². The average Bonchev–Trinajstić information content (AvgIpc) is 2.77. The Morgan fingerprint density at radius 2 is 1.53 bits per heavy atom. The number of benzene rings is 3. The number of carbonyl (C=O) groups is 2. The fourth-order valence-electron chi connectivity index (χ4n) is 3.06. The molecule has 32 heavy (non-hydrogen) atoms. The van der Waals surface area contributed by atoms with Gasteiger partial charge in [0.2, 0.25) is 0 Å². The Morgan fingerprint density at radius 3 is 2.22 bits per heavy atom. The summed E-state index contributed by atoms with van der Waals surface area (Å²) in [6.07, 6.45) is 0. The number of ether oxygens (including phenoxy) is 2. The molecule has 0 spiro atoms. The number of amides is 2. The van der Waals surface area contributed by atoms with Crippen molar-refractivity contribution in [1.29, 1.82) is 0 Å². The molecular formula is C26H28N2O4. The van der Waals surface area contributed by atoms with E-state index in [1.807, 2.05) is 51.1 Å². The third kappa shape index (κ3) is 6.11. The van der Waals surface area contributed by atoms with Crippen molar-refractivity contribution in [1.82, 2.24) is 5.32 Å². The molecule has 0 saturated carbocycles. The number of rotatable bonds is 7. The molecule has 0 bridgehead atoms. The molecule has 0 fully saturated rings. The molecule has 0 aliphatic carbocycles. The van der Waals surface area contributed by atoms with Crippen molar-refractivity contribution in [2.75, 3.05) is 12.4 Å². The molecular weight excluding hydrogens is 404 g/mol. The van der Waals surface area contributed by atoms with E-state index in [1.165, 1.54) is 7.11 Å². The summed E-state index contributed by atoms with van der Waals surface area (Å²) in [6, 6.07) is 21.7. The van der Waals surface area contributed by atoms with Gasteiger partial charge in [-0.15, -0.1) is 0 Å². The molecule has 6 nitrogen and oxygen atoms in total. The minimum Gasteiger partial charge on any atom is -0.493 e. The van der Waals surface area contributed by atoms with Gasteiger partial charge in [-0.05, 0) is 56.7 Å². The van der Waals surface area contributed by atoms with Crippen molar-refractivity contribution < 1.29 is 19.1 Å². The molecule has 3 aromatic rings. The molecule has 0 atom stereocenters. The molecule has 2 amide bonds. The molecule has 0 aliphatic rings. The first-order valence-corrected chi connectivity index (χ1v) is 10.3. The van der Waals surface area contributed by atoms with Crippen molar-refractivity contribution in [2.24, 2.45) is 0 Å². The molecule has 3 aromatic carbocycles. The molecule has 2 N–H and O–H groups in total. The lowest BCUT2D eigenvalue weighted by Crippen LogP contribution is -2.40. The zero-order chi connectivity index (χ0) is 23.1. The first-order valence-electron chi connectivity index (χ1n) is 10.3. The van der Waals surface area contributed by atoms with E-state index < -0.39 is 5.54 Å². The van der Waals surface area contributed by atoms with Crippen LogP contribution in [0.2, 0.25) is 0 Å². The Bertz CT molecular complexity index is 1090. The van der Waals surface area contributed by atoms with Crippen LogP contribution in [0.25, 0.3) is 0 Å². The van der Waals surface area contributed by atoms with Crippen LogP contribution in [0.4, 0.5) is 5.69 Å². The predicted molar refractivity (Wildman–Crippen MR) is 125 cm³/mol. The summed E-state index contributed by atoms with van der Waals surface area (Å²) in [5.74, 6) is 0.384. The molecule has 166 valence electrons. The average molecular weight is 433 g/mol. The van der Waals surface area contributed by atoms with Crippen LogP contribution < -0.4 is 20.1 Å². The maximum atomic E-state index is 12.9. The third-order valence-corrected chi connectivity index (χ3v) is 4.57. The number of para-hydroxylation sites is 1. The van der Waals surface area contributed by atoms with Gasteiger partial charge in [0, 0.05) is 11.1 Å². The minimum atomic E-state index is -0.392. The Labute approximate surface area is 188 Å². The normalized spacial score (nSPS) is 10.9. The van der Waals surface area contributed by atoms with E-state index in [0.717, 1.165) is 5.56 Å². The summed E-state index contributed by atoms with van der Waals surface area (Å²) in [7, 11) is 1.53. The number of hydrogen-bond acceptors (Lipinski definition) is 4. The van der Waals surface area contributed by atoms with Crippen LogP contribution in [0.1, 0.15) is 47.1 Å². The highest BCUT2D eigenvalue weighted by molar-refractivity contribution is 6.09.